The number of hydrogen-bond donors (Lipinski definition) is 0. The van der Waals surface area contributed by atoms with Gasteiger partial charge in [-0.05, 0) is 43.4 Å². The van der Waals surface area contributed by atoms with Crippen LogP contribution in [0.2, 0.25) is 0 Å². The van der Waals surface area contributed by atoms with Gasteiger partial charge >= 0.3 is 5.97 Å². The average Bonchev–Trinajstić information content (AvgIpc) is 2.86. The Balaban J connectivity index is 2.05. The highest BCUT2D eigenvalue weighted by Crippen LogP contribution is 2.46. The van der Waals surface area contributed by atoms with Crippen LogP contribution in [0.25, 0.3) is 0 Å². The zero-order valence-corrected chi connectivity index (χ0v) is 15.2. The zero-order chi connectivity index (χ0) is 17.8. The molecular weight excluding hydrogens is 316 g/mol. The Hall–Kier alpha value is -2.23. The molecule has 0 unspecified atom stereocenters. The van der Waals surface area contributed by atoms with Crippen molar-refractivity contribution in [2.24, 2.45) is 11.8 Å². The summed E-state index contributed by atoms with van der Waals surface area (Å²) in [5, 5.41) is 0. The van der Waals surface area contributed by atoms with Crippen LogP contribution in [-0.4, -0.2) is 27.3 Å². The first-order valence-corrected chi connectivity index (χ1v) is 8.86. The highest BCUT2D eigenvalue weighted by Gasteiger charge is 2.32. The van der Waals surface area contributed by atoms with Crippen molar-refractivity contribution in [3.63, 3.8) is 0 Å². The van der Waals surface area contributed by atoms with Crippen LogP contribution >= 0.6 is 0 Å². The number of hydrogen-bond acceptors (Lipinski definition) is 4. The SMILES string of the molecule is COC(=O)[C@@H]1C=C[C@H](c2cc(OC)ccc2OC)[C@@H]2CCCCC2=C1. The molecular formula is C21H26O4. The van der Waals surface area contributed by atoms with Crippen LogP contribution in [0.3, 0.4) is 0 Å². The van der Waals surface area contributed by atoms with Crippen molar-refractivity contribution in [2.75, 3.05) is 21.3 Å². The molecule has 0 bridgehead atoms. The van der Waals surface area contributed by atoms with Crippen molar-refractivity contribution in [1.29, 1.82) is 0 Å². The van der Waals surface area contributed by atoms with Crippen LogP contribution in [0.5, 0.6) is 11.5 Å². The minimum atomic E-state index is -0.304. The van der Waals surface area contributed by atoms with Gasteiger partial charge in [0.2, 0.25) is 0 Å². The molecule has 0 saturated heterocycles. The lowest BCUT2D eigenvalue weighted by Gasteiger charge is -2.31. The lowest BCUT2D eigenvalue weighted by molar-refractivity contribution is -0.142. The molecule has 0 N–H and O–H groups in total. The van der Waals surface area contributed by atoms with Gasteiger partial charge in [-0.2, -0.15) is 0 Å². The van der Waals surface area contributed by atoms with Gasteiger partial charge in [-0.1, -0.05) is 30.2 Å². The fourth-order valence-electron chi connectivity index (χ4n) is 4.04. The second kappa shape index (κ2) is 7.77. The van der Waals surface area contributed by atoms with Crippen molar-refractivity contribution >= 4 is 5.97 Å². The van der Waals surface area contributed by atoms with Crippen molar-refractivity contribution < 1.29 is 19.0 Å². The summed E-state index contributed by atoms with van der Waals surface area (Å²) in [6.07, 6.45) is 10.8. The molecule has 1 fully saturated rings. The lowest BCUT2D eigenvalue weighted by Crippen LogP contribution is -2.18. The van der Waals surface area contributed by atoms with Gasteiger partial charge in [0.1, 0.15) is 11.5 Å². The van der Waals surface area contributed by atoms with E-state index in [-0.39, 0.29) is 17.8 Å². The summed E-state index contributed by atoms with van der Waals surface area (Å²) in [5.41, 5.74) is 2.47. The van der Waals surface area contributed by atoms with E-state index in [1.807, 2.05) is 18.2 Å². The summed E-state index contributed by atoms with van der Waals surface area (Å²) in [4.78, 5) is 12.1. The van der Waals surface area contributed by atoms with E-state index >= 15 is 0 Å². The molecule has 1 aromatic rings. The van der Waals surface area contributed by atoms with Crippen molar-refractivity contribution in [1.82, 2.24) is 0 Å². The molecule has 0 aromatic heterocycles. The summed E-state index contributed by atoms with van der Waals surface area (Å²) >= 11 is 0. The van der Waals surface area contributed by atoms with Crippen molar-refractivity contribution in [3.05, 3.63) is 47.6 Å². The fraction of sp³-hybridized carbons (Fsp3) is 0.476. The third kappa shape index (κ3) is 3.58. The number of allylic oxidation sites excluding steroid dienone is 2. The predicted octanol–water partition coefficient (Wildman–Crippen LogP) is 4.26. The molecule has 134 valence electrons. The Morgan fingerprint density at radius 1 is 1.08 bits per heavy atom. The minimum Gasteiger partial charge on any atom is -0.497 e. The Kier molecular flexibility index (Phi) is 5.47. The third-order valence-electron chi connectivity index (χ3n) is 5.33. The Bertz CT molecular complexity index is 689. The number of carbonyl (C=O) groups excluding carboxylic acids is 1. The molecule has 1 aromatic carbocycles. The fourth-order valence-corrected chi connectivity index (χ4v) is 4.04. The third-order valence-corrected chi connectivity index (χ3v) is 5.33. The zero-order valence-electron chi connectivity index (χ0n) is 15.2. The monoisotopic (exact) mass is 342 g/mol. The molecule has 0 amide bonds. The molecule has 25 heavy (non-hydrogen) atoms. The van der Waals surface area contributed by atoms with E-state index in [1.54, 1.807) is 14.2 Å². The van der Waals surface area contributed by atoms with Crippen molar-refractivity contribution in [2.45, 2.75) is 31.6 Å². The molecule has 3 atom stereocenters. The number of fused-ring (bicyclic) bond motifs is 1. The van der Waals surface area contributed by atoms with E-state index in [1.165, 1.54) is 25.5 Å². The first-order valence-electron chi connectivity index (χ1n) is 8.86. The normalized spacial score (nSPS) is 25.4. The summed E-state index contributed by atoms with van der Waals surface area (Å²) < 4.78 is 16.0. The molecule has 3 rings (SSSR count). The average molecular weight is 342 g/mol. The van der Waals surface area contributed by atoms with E-state index in [9.17, 15) is 4.79 Å². The number of methoxy groups -OCH3 is 3. The number of esters is 1. The summed E-state index contributed by atoms with van der Waals surface area (Å²) in [5.74, 6) is 1.73. The smallest absolute Gasteiger partial charge is 0.316 e. The second-order valence-electron chi connectivity index (χ2n) is 6.66. The maximum absolute atomic E-state index is 12.1. The van der Waals surface area contributed by atoms with Crippen LogP contribution in [0.4, 0.5) is 0 Å². The van der Waals surface area contributed by atoms with E-state index in [0.717, 1.165) is 29.9 Å². The molecule has 0 spiro atoms. The summed E-state index contributed by atoms with van der Waals surface area (Å²) in [6, 6.07) is 5.92. The minimum absolute atomic E-state index is 0.172. The molecule has 0 heterocycles. The van der Waals surface area contributed by atoms with Gasteiger partial charge in [0.05, 0.1) is 27.2 Å². The van der Waals surface area contributed by atoms with Crippen LogP contribution in [0.15, 0.2) is 42.0 Å². The van der Waals surface area contributed by atoms with Gasteiger partial charge in [0.25, 0.3) is 0 Å². The van der Waals surface area contributed by atoms with Crippen LogP contribution < -0.4 is 9.47 Å². The summed E-state index contributed by atoms with van der Waals surface area (Å²) in [6.45, 7) is 0. The number of benzene rings is 1. The Morgan fingerprint density at radius 3 is 2.64 bits per heavy atom. The van der Waals surface area contributed by atoms with Gasteiger partial charge < -0.3 is 14.2 Å². The molecule has 2 aliphatic rings. The van der Waals surface area contributed by atoms with E-state index in [4.69, 9.17) is 14.2 Å². The maximum atomic E-state index is 12.1. The first-order chi connectivity index (χ1) is 12.2. The standard InChI is InChI=1S/C21H26O4/c1-23-16-9-11-20(24-2)19(13-16)18-10-8-15(21(22)25-3)12-14-6-4-5-7-17(14)18/h8-13,15,17-18H,4-7H2,1-3H3/t15-,17-,18+/m1/s1. The number of carbonyl (C=O) groups is 1. The van der Waals surface area contributed by atoms with Gasteiger partial charge in [0, 0.05) is 11.5 Å². The topological polar surface area (TPSA) is 44.8 Å². The first kappa shape index (κ1) is 17.6. The van der Waals surface area contributed by atoms with Gasteiger partial charge in [0.15, 0.2) is 0 Å². The van der Waals surface area contributed by atoms with E-state index in [2.05, 4.69) is 18.2 Å². The van der Waals surface area contributed by atoms with E-state index in [0.29, 0.717) is 5.92 Å². The van der Waals surface area contributed by atoms with Crippen molar-refractivity contribution in [3.8, 4) is 11.5 Å². The largest absolute Gasteiger partial charge is 0.497 e. The highest BCUT2D eigenvalue weighted by molar-refractivity contribution is 5.77. The summed E-state index contributed by atoms with van der Waals surface area (Å²) in [7, 11) is 4.81. The second-order valence-corrected chi connectivity index (χ2v) is 6.66. The Labute approximate surface area is 149 Å². The maximum Gasteiger partial charge on any atom is 0.316 e. The molecule has 0 aliphatic heterocycles. The molecule has 1 saturated carbocycles. The molecule has 2 aliphatic carbocycles. The Morgan fingerprint density at radius 2 is 1.92 bits per heavy atom. The number of ether oxygens (including phenoxy) is 3. The lowest BCUT2D eigenvalue weighted by atomic mass is 9.74. The predicted molar refractivity (Wildman–Crippen MR) is 97.0 cm³/mol. The quantitative estimate of drug-likeness (QED) is 0.606. The molecule has 0 radical (unpaired) electrons. The van der Waals surface area contributed by atoms with Gasteiger partial charge in [-0.15, -0.1) is 0 Å². The van der Waals surface area contributed by atoms with E-state index < -0.39 is 0 Å². The van der Waals surface area contributed by atoms with Gasteiger partial charge in [-0.3, -0.25) is 4.79 Å². The van der Waals surface area contributed by atoms with Crippen LogP contribution in [0, 0.1) is 11.8 Å². The number of rotatable bonds is 4. The molecule has 4 heteroatoms. The van der Waals surface area contributed by atoms with Gasteiger partial charge in [-0.25, -0.2) is 0 Å². The van der Waals surface area contributed by atoms with Crippen LogP contribution in [-0.2, 0) is 9.53 Å². The molecule has 4 nitrogen and oxygen atoms in total. The van der Waals surface area contributed by atoms with Crippen LogP contribution in [0.1, 0.15) is 37.2 Å². The highest BCUT2D eigenvalue weighted by atomic mass is 16.5.